The quantitative estimate of drug-likeness (QED) is 0.538. The van der Waals surface area contributed by atoms with Gasteiger partial charge in [0.15, 0.2) is 0 Å². The number of ether oxygens (including phenoxy) is 2. The maximum atomic E-state index is 13.5. The molecule has 0 spiro atoms. The van der Waals surface area contributed by atoms with Gasteiger partial charge in [-0.2, -0.15) is 0 Å². The molecule has 0 aliphatic carbocycles. The third kappa shape index (κ3) is 4.85. The molecule has 33 heavy (non-hydrogen) atoms. The number of fused-ring (bicyclic) bond motifs is 2. The third-order valence-electron chi connectivity index (χ3n) is 5.02. The lowest BCUT2D eigenvalue weighted by Gasteiger charge is -2.23. The van der Waals surface area contributed by atoms with Crippen LogP contribution in [0.15, 0.2) is 76.5 Å². The number of methoxy groups -OCH3 is 1. The monoisotopic (exact) mass is 462 g/mol. The summed E-state index contributed by atoms with van der Waals surface area (Å²) in [6, 6.07) is 19.2. The number of rotatable bonds is 6. The minimum Gasteiger partial charge on any atom is -0.497 e. The Morgan fingerprint density at radius 2 is 1.76 bits per heavy atom. The molecule has 3 aromatic carbocycles. The molecule has 4 rings (SSSR count). The Morgan fingerprint density at radius 1 is 1.00 bits per heavy atom. The Labute approximate surface area is 195 Å². The topological polar surface area (TPSA) is 84.9 Å². The summed E-state index contributed by atoms with van der Waals surface area (Å²) in [7, 11) is 1.57. The first kappa shape index (κ1) is 22.4. The summed E-state index contributed by atoms with van der Waals surface area (Å²) >= 11 is 1.42. The third-order valence-corrected chi connectivity index (χ3v) is 6.16. The number of carbonyl (C=O) groups is 3. The highest BCUT2D eigenvalue weighted by atomic mass is 32.2. The van der Waals surface area contributed by atoms with E-state index in [0.717, 1.165) is 9.79 Å². The van der Waals surface area contributed by atoms with Crippen molar-refractivity contribution in [1.82, 2.24) is 0 Å². The van der Waals surface area contributed by atoms with Gasteiger partial charge in [-0.1, -0.05) is 23.9 Å². The lowest BCUT2D eigenvalue weighted by Crippen LogP contribution is -2.38. The number of carbonyl (C=O) groups excluding carboxylic acids is 3. The average molecular weight is 463 g/mol. The maximum Gasteiger partial charge on any atom is 0.338 e. The standard InChI is InChI=1S/C25H22N2O5S/c1-3-32-25(30)16-8-13-22-20(14-16)27(24(29)19-6-4-5-7-21(19)33-22)15-23(28)26-17-9-11-18(31-2)12-10-17/h4-14H,3,15H2,1-2H3,(H,26,28). The molecule has 2 amide bonds. The highest BCUT2D eigenvalue weighted by molar-refractivity contribution is 7.99. The van der Waals surface area contributed by atoms with Crippen LogP contribution in [0.25, 0.3) is 0 Å². The minimum absolute atomic E-state index is 0.223. The summed E-state index contributed by atoms with van der Waals surface area (Å²) < 4.78 is 10.3. The second-order valence-electron chi connectivity index (χ2n) is 7.17. The normalized spacial score (nSPS) is 12.3. The fourth-order valence-electron chi connectivity index (χ4n) is 3.44. The van der Waals surface area contributed by atoms with Crippen LogP contribution >= 0.6 is 11.8 Å². The zero-order chi connectivity index (χ0) is 23.4. The summed E-state index contributed by atoms with van der Waals surface area (Å²) in [6.45, 7) is 1.75. The summed E-state index contributed by atoms with van der Waals surface area (Å²) in [6.07, 6.45) is 0. The molecule has 7 nitrogen and oxygen atoms in total. The Morgan fingerprint density at radius 3 is 2.48 bits per heavy atom. The van der Waals surface area contributed by atoms with Crippen molar-refractivity contribution in [1.29, 1.82) is 0 Å². The van der Waals surface area contributed by atoms with Crippen LogP contribution in [-0.4, -0.2) is 38.0 Å². The smallest absolute Gasteiger partial charge is 0.338 e. The zero-order valence-corrected chi connectivity index (χ0v) is 19.0. The molecule has 0 radical (unpaired) electrons. The van der Waals surface area contributed by atoms with Gasteiger partial charge in [0.25, 0.3) is 5.91 Å². The molecule has 0 aromatic heterocycles. The molecule has 1 aliphatic heterocycles. The Bertz CT molecular complexity index is 1210. The lowest BCUT2D eigenvalue weighted by molar-refractivity contribution is -0.114. The first-order valence-electron chi connectivity index (χ1n) is 10.3. The van der Waals surface area contributed by atoms with Gasteiger partial charge in [0.1, 0.15) is 12.3 Å². The van der Waals surface area contributed by atoms with Gasteiger partial charge in [-0.3, -0.25) is 14.5 Å². The van der Waals surface area contributed by atoms with Crippen LogP contribution in [-0.2, 0) is 9.53 Å². The highest BCUT2D eigenvalue weighted by Gasteiger charge is 2.29. The first-order valence-corrected chi connectivity index (χ1v) is 11.2. The van der Waals surface area contributed by atoms with Gasteiger partial charge in [-0.25, -0.2) is 4.79 Å². The highest BCUT2D eigenvalue weighted by Crippen LogP contribution is 2.41. The van der Waals surface area contributed by atoms with E-state index in [1.807, 2.05) is 12.1 Å². The van der Waals surface area contributed by atoms with Crippen molar-refractivity contribution in [3.63, 3.8) is 0 Å². The molecule has 8 heteroatoms. The van der Waals surface area contributed by atoms with Crippen LogP contribution in [0.3, 0.4) is 0 Å². The molecule has 0 unspecified atom stereocenters. The maximum absolute atomic E-state index is 13.5. The Kier molecular flexibility index (Phi) is 6.65. The van der Waals surface area contributed by atoms with Gasteiger partial charge in [-0.05, 0) is 61.5 Å². The van der Waals surface area contributed by atoms with Crippen molar-refractivity contribution >= 4 is 40.9 Å². The lowest BCUT2D eigenvalue weighted by atomic mass is 10.1. The predicted octanol–water partition coefficient (Wildman–Crippen LogP) is 4.62. The van der Waals surface area contributed by atoms with E-state index < -0.39 is 5.97 Å². The van der Waals surface area contributed by atoms with Gasteiger partial charge in [0.2, 0.25) is 5.91 Å². The fraction of sp³-hybridized carbons (Fsp3) is 0.160. The molecule has 1 heterocycles. The van der Waals surface area contributed by atoms with Crippen molar-refractivity contribution in [2.45, 2.75) is 16.7 Å². The largest absolute Gasteiger partial charge is 0.497 e. The van der Waals surface area contributed by atoms with Crippen LogP contribution in [0.2, 0.25) is 0 Å². The van der Waals surface area contributed by atoms with Crippen LogP contribution in [0.4, 0.5) is 11.4 Å². The fourth-order valence-corrected chi connectivity index (χ4v) is 4.50. The van der Waals surface area contributed by atoms with E-state index in [-0.39, 0.29) is 25.0 Å². The number of nitrogens with zero attached hydrogens (tertiary/aromatic N) is 1. The zero-order valence-electron chi connectivity index (χ0n) is 18.2. The van der Waals surface area contributed by atoms with Gasteiger partial charge in [-0.15, -0.1) is 0 Å². The molecule has 1 N–H and O–H groups in total. The molecular weight excluding hydrogens is 440 g/mol. The second-order valence-corrected chi connectivity index (χ2v) is 8.25. The molecule has 0 saturated heterocycles. The summed E-state index contributed by atoms with van der Waals surface area (Å²) in [5.41, 5.74) is 1.87. The number of esters is 1. The minimum atomic E-state index is -0.484. The summed E-state index contributed by atoms with van der Waals surface area (Å²) in [5.74, 6) is -0.500. The number of anilines is 2. The molecular formula is C25H22N2O5S. The van der Waals surface area contributed by atoms with Crippen molar-refractivity contribution < 1.29 is 23.9 Å². The van der Waals surface area contributed by atoms with Crippen LogP contribution in [0.5, 0.6) is 5.75 Å². The van der Waals surface area contributed by atoms with Crippen molar-refractivity contribution in [2.75, 3.05) is 30.5 Å². The number of benzene rings is 3. The van der Waals surface area contributed by atoms with E-state index >= 15 is 0 Å². The van der Waals surface area contributed by atoms with Gasteiger partial charge in [0.05, 0.1) is 30.5 Å². The van der Waals surface area contributed by atoms with Gasteiger partial charge in [0, 0.05) is 15.5 Å². The SMILES string of the molecule is CCOC(=O)c1ccc2c(c1)N(CC(=O)Nc1ccc(OC)cc1)C(=O)c1ccccc1S2. The summed E-state index contributed by atoms with van der Waals surface area (Å²) in [4.78, 5) is 41.6. The Balaban J connectivity index is 1.68. The van der Waals surface area contributed by atoms with Crippen molar-refractivity contribution in [2.24, 2.45) is 0 Å². The molecule has 0 saturated carbocycles. The number of amides is 2. The van der Waals surface area contributed by atoms with E-state index in [0.29, 0.717) is 28.3 Å². The average Bonchev–Trinajstić information content (AvgIpc) is 2.94. The van der Waals surface area contributed by atoms with Crippen molar-refractivity contribution in [3.05, 3.63) is 77.9 Å². The van der Waals surface area contributed by atoms with Gasteiger partial charge >= 0.3 is 5.97 Å². The molecule has 3 aromatic rings. The Hall–Kier alpha value is -3.78. The van der Waals surface area contributed by atoms with Gasteiger partial charge < -0.3 is 14.8 Å². The van der Waals surface area contributed by atoms with E-state index in [4.69, 9.17) is 9.47 Å². The predicted molar refractivity (Wildman–Crippen MR) is 126 cm³/mol. The van der Waals surface area contributed by atoms with E-state index in [1.54, 1.807) is 68.6 Å². The van der Waals surface area contributed by atoms with E-state index in [1.165, 1.54) is 16.7 Å². The van der Waals surface area contributed by atoms with E-state index in [2.05, 4.69) is 5.32 Å². The van der Waals surface area contributed by atoms with E-state index in [9.17, 15) is 14.4 Å². The van der Waals surface area contributed by atoms with Crippen LogP contribution in [0.1, 0.15) is 27.6 Å². The molecule has 0 atom stereocenters. The number of hydrogen-bond donors (Lipinski definition) is 1. The van der Waals surface area contributed by atoms with Crippen molar-refractivity contribution in [3.8, 4) is 5.75 Å². The molecule has 0 fully saturated rings. The number of hydrogen-bond acceptors (Lipinski definition) is 6. The summed E-state index contributed by atoms with van der Waals surface area (Å²) in [5, 5.41) is 2.81. The first-order chi connectivity index (χ1) is 16.0. The van der Waals surface area contributed by atoms with Crippen LogP contribution in [0, 0.1) is 0 Å². The molecule has 1 aliphatic rings. The second kappa shape index (κ2) is 9.79. The number of nitrogens with one attached hydrogen (secondary N) is 1. The van der Waals surface area contributed by atoms with Crippen LogP contribution < -0.4 is 15.0 Å². The molecule has 0 bridgehead atoms. The molecule has 168 valence electrons.